The van der Waals surface area contributed by atoms with E-state index in [1.165, 1.54) is 164 Å². The number of hydrogen-bond acceptors (Lipinski definition) is 5. The predicted octanol–water partition coefficient (Wildman–Crippen LogP) is 34.4. The third kappa shape index (κ3) is 12.7. The van der Waals surface area contributed by atoms with Crippen LogP contribution in [0.3, 0.4) is 0 Å². The van der Waals surface area contributed by atoms with Crippen LogP contribution in [-0.4, -0.2) is 0 Å². The number of hydrogen-bond donors (Lipinski definition) is 0. The van der Waals surface area contributed by atoms with Crippen molar-refractivity contribution in [1.29, 1.82) is 0 Å². The van der Waals surface area contributed by atoms with Crippen molar-refractivity contribution in [3.05, 3.63) is 440 Å². The Morgan fingerprint density at radius 3 is 0.954 bits per heavy atom. The van der Waals surface area contributed by atoms with Gasteiger partial charge in [-0.25, -0.2) is 0 Å². The van der Waals surface area contributed by atoms with Gasteiger partial charge in [0.05, 0.1) is 11.4 Å². The highest BCUT2D eigenvalue weighted by Gasteiger charge is 2.64. The van der Waals surface area contributed by atoms with Gasteiger partial charge in [0.1, 0.15) is 11.5 Å². The minimum Gasteiger partial charge on any atom is -0.457 e. The molecule has 17 aromatic carbocycles. The highest BCUT2D eigenvalue weighted by Crippen LogP contribution is 2.73. The molecule has 8 fully saturated rings. The van der Waals surface area contributed by atoms with E-state index in [4.69, 9.17) is 9.47 Å². The molecule has 0 saturated heterocycles. The normalized spacial score (nSPS) is 21.8. The van der Waals surface area contributed by atoms with E-state index in [0.717, 1.165) is 97.9 Å². The molecule has 17 aromatic rings. The SMILES string of the molecule is C.CC1(C)c2ccc(-c3cccc4c3C3(c5ccccc5-4)C4CC5CC(C4)CC3C5)cc2Oc2cc(N(c3ccc(-c4ccccc4)cc3)c3ccc(-c4ccccc4)cc3)ccc21.c1ccc(-c2ccc(N(c3ccc(-c4ccccc4)cc3)c3ccc4c(c3)Oc3ccc(-c5cccc6c5C5(c7ccccc7-6)C6CC7CC(C6)CC5C7)cc3N4c3ccccc3)cc2)cc1. The number of ether oxygens (including phenoxy) is 2. The van der Waals surface area contributed by atoms with Crippen LogP contribution in [0.5, 0.6) is 23.0 Å². The van der Waals surface area contributed by atoms with Gasteiger partial charge in [-0.3, -0.25) is 0 Å². The molecule has 0 amide bonds. The zero-order valence-corrected chi connectivity index (χ0v) is 73.5. The molecule has 8 saturated carbocycles. The third-order valence-corrected chi connectivity index (χ3v) is 32.3. The molecule has 131 heavy (non-hydrogen) atoms. The van der Waals surface area contributed by atoms with Gasteiger partial charge >= 0.3 is 0 Å². The van der Waals surface area contributed by atoms with Gasteiger partial charge in [-0.2, -0.15) is 0 Å². The molecule has 0 unspecified atom stereocenters. The van der Waals surface area contributed by atoms with Crippen molar-refractivity contribution >= 4 is 51.2 Å². The number of anilines is 9. The average Bonchev–Trinajstić information content (AvgIpc) is 1.53. The van der Waals surface area contributed by atoms with Crippen LogP contribution in [0.4, 0.5) is 51.2 Å². The van der Waals surface area contributed by atoms with Crippen LogP contribution >= 0.6 is 0 Å². The molecular formula is C126H105N3O2. The molecule has 2 spiro atoms. The van der Waals surface area contributed by atoms with Crippen molar-refractivity contribution in [2.45, 2.75) is 102 Å². The Labute approximate surface area is 771 Å². The zero-order chi connectivity index (χ0) is 85.9. The molecule has 8 bridgehead atoms. The van der Waals surface area contributed by atoms with Crippen molar-refractivity contribution in [3.63, 3.8) is 0 Å². The third-order valence-electron chi connectivity index (χ3n) is 32.3. The standard InChI is InChI=1S/C64H50N2O.C61H51NO.CH4/c1-4-13-44(14-5-1)46-23-28-52(29-24-46)65(53-30-25-47(26-31-53)45-15-6-2-7-16-45)54-32-33-59-62(41-54)67-61-34-27-48(40-60(61)66(59)51-17-8-3-9-18-51)55-20-12-21-57-56-19-10-11-22-58(56)64(63(55)57)49-36-42-35-43(38-49)39-50(64)37-42;1-60(2)55-30-24-45(51-17-11-18-53-52-16-9-10-19-54(52)61(59(51)53)46-33-39-32-40(35-46)36-47(61)34-39)37-57(55)63-58-38-50(29-31-56(58)60)62(48-25-20-43(21-26-48)41-12-5-3-6-13-41)49-27-22-44(23-28-49)42-14-7-4-8-15-42;/h1-34,40-43,49-50H,35-39H2;3-31,37-40,46-47H,32-36H2,1-2H3;1H4. The minimum absolute atomic E-state index is 0. The molecule has 2 aliphatic heterocycles. The topological polar surface area (TPSA) is 28.2 Å². The van der Waals surface area contributed by atoms with Crippen molar-refractivity contribution < 1.29 is 9.47 Å². The first-order valence-electron chi connectivity index (χ1n) is 47.6. The number of benzene rings is 17. The molecule has 5 nitrogen and oxygen atoms in total. The lowest BCUT2D eigenvalue weighted by Gasteiger charge is -2.61. The molecule has 10 aliphatic carbocycles. The van der Waals surface area contributed by atoms with Crippen LogP contribution in [0.15, 0.2) is 406 Å². The first-order valence-corrected chi connectivity index (χ1v) is 47.6. The number of fused-ring (bicyclic) bond motifs is 10. The molecule has 5 heteroatoms. The van der Waals surface area contributed by atoms with Crippen molar-refractivity contribution in [3.8, 4) is 112 Å². The fraction of sp³-hybridized carbons (Fsp3) is 0.190. The van der Waals surface area contributed by atoms with E-state index in [0.29, 0.717) is 23.7 Å². The average molecular weight is 1690 g/mol. The zero-order valence-electron chi connectivity index (χ0n) is 73.5. The van der Waals surface area contributed by atoms with Gasteiger partial charge in [-0.05, 0) is 320 Å². The Hall–Kier alpha value is -14.3. The van der Waals surface area contributed by atoms with Crippen molar-refractivity contribution in [2.24, 2.45) is 47.3 Å². The predicted molar refractivity (Wildman–Crippen MR) is 542 cm³/mol. The summed E-state index contributed by atoms with van der Waals surface area (Å²) in [7, 11) is 0. The molecule has 0 atom stereocenters. The summed E-state index contributed by atoms with van der Waals surface area (Å²) in [4.78, 5) is 7.11. The Morgan fingerprint density at radius 2 is 0.534 bits per heavy atom. The second kappa shape index (κ2) is 31.3. The highest BCUT2D eigenvalue weighted by molar-refractivity contribution is 5.96. The molecule has 0 N–H and O–H groups in total. The summed E-state index contributed by atoms with van der Waals surface area (Å²) < 4.78 is 14.3. The molecule has 12 aliphatic rings. The summed E-state index contributed by atoms with van der Waals surface area (Å²) in [5.41, 5.74) is 39.0. The quantitative estimate of drug-likeness (QED) is 0.115. The number of rotatable bonds is 13. The molecule has 636 valence electrons. The van der Waals surface area contributed by atoms with E-state index in [1.54, 1.807) is 22.3 Å². The summed E-state index contributed by atoms with van der Waals surface area (Å²) in [6.45, 7) is 4.71. The molecule has 2 heterocycles. The van der Waals surface area contributed by atoms with Crippen molar-refractivity contribution in [2.75, 3.05) is 14.7 Å². The van der Waals surface area contributed by atoms with Gasteiger partial charge in [-0.1, -0.05) is 319 Å². The Kier molecular flexibility index (Phi) is 18.8. The van der Waals surface area contributed by atoms with E-state index >= 15 is 0 Å². The second-order valence-corrected chi connectivity index (χ2v) is 39.4. The fourth-order valence-electron chi connectivity index (χ4n) is 27.3. The van der Waals surface area contributed by atoms with Gasteiger partial charge < -0.3 is 24.2 Å². The summed E-state index contributed by atoms with van der Waals surface area (Å²) in [6, 6.07) is 150. The van der Waals surface area contributed by atoms with Gasteiger partial charge in [0.15, 0.2) is 11.5 Å². The molecular weight excluding hydrogens is 1590 g/mol. The fourth-order valence-corrected chi connectivity index (χ4v) is 27.3. The Balaban J connectivity index is 0.000000140. The van der Waals surface area contributed by atoms with Crippen LogP contribution in [0.1, 0.15) is 119 Å². The van der Waals surface area contributed by atoms with E-state index in [-0.39, 0.29) is 23.7 Å². The lowest BCUT2D eigenvalue weighted by molar-refractivity contribution is -0.0397. The van der Waals surface area contributed by atoms with Crippen LogP contribution < -0.4 is 24.2 Å². The van der Waals surface area contributed by atoms with Crippen LogP contribution in [0.2, 0.25) is 0 Å². The van der Waals surface area contributed by atoms with Crippen LogP contribution in [0.25, 0.3) is 89.0 Å². The molecule has 29 rings (SSSR count). The maximum absolute atomic E-state index is 7.18. The largest absolute Gasteiger partial charge is 0.457 e. The van der Waals surface area contributed by atoms with Gasteiger partial charge in [0.2, 0.25) is 0 Å². The maximum atomic E-state index is 7.18. The summed E-state index contributed by atoms with van der Waals surface area (Å²) >= 11 is 0. The number of nitrogens with zero attached hydrogens (tertiary/aromatic N) is 3. The van der Waals surface area contributed by atoms with E-state index in [2.05, 4.69) is 435 Å². The summed E-state index contributed by atoms with van der Waals surface area (Å²) in [6.07, 6.45) is 13.9. The first kappa shape index (κ1) is 78.9. The first-order chi connectivity index (χ1) is 64.1. The second-order valence-electron chi connectivity index (χ2n) is 39.4. The smallest absolute Gasteiger partial charge is 0.153 e. The summed E-state index contributed by atoms with van der Waals surface area (Å²) in [5.74, 6) is 9.95. The highest BCUT2D eigenvalue weighted by atomic mass is 16.5. The maximum Gasteiger partial charge on any atom is 0.153 e. The van der Waals surface area contributed by atoms with Gasteiger partial charge in [-0.15, -0.1) is 0 Å². The van der Waals surface area contributed by atoms with Crippen LogP contribution in [0, 0.1) is 47.3 Å². The van der Waals surface area contributed by atoms with Gasteiger partial charge in [0, 0.05) is 79.3 Å². The van der Waals surface area contributed by atoms with E-state index in [1.807, 2.05) is 0 Å². The molecule has 0 radical (unpaired) electrons. The van der Waals surface area contributed by atoms with Gasteiger partial charge in [0.25, 0.3) is 0 Å². The lowest BCUT2D eigenvalue weighted by atomic mass is 9.42. The monoisotopic (exact) mass is 1690 g/mol. The number of para-hydroxylation sites is 1. The van der Waals surface area contributed by atoms with E-state index < -0.39 is 0 Å². The molecule has 0 aromatic heterocycles. The Morgan fingerprint density at radius 1 is 0.229 bits per heavy atom. The van der Waals surface area contributed by atoms with Crippen molar-refractivity contribution in [1.82, 2.24) is 0 Å². The van der Waals surface area contributed by atoms with E-state index in [9.17, 15) is 0 Å². The Bertz CT molecular complexity index is 7030. The van der Waals surface area contributed by atoms with Crippen LogP contribution in [-0.2, 0) is 16.2 Å². The lowest BCUT2D eigenvalue weighted by Crippen LogP contribution is -2.55. The summed E-state index contributed by atoms with van der Waals surface area (Å²) in [5, 5.41) is 0. The minimum atomic E-state index is -0.253.